The fraction of sp³-hybridized carbons (Fsp3) is 0.400. The van der Waals surface area contributed by atoms with Gasteiger partial charge in [0.25, 0.3) is 0 Å². The summed E-state index contributed by atoms with van der Waals surface area (Å²) < 4.78 is 11.0. The molecule has 0 unspecified atom stereocenters. The highest BCUT2D eigenvalue weighted by atomic mass is 35.5. The molecule has 3 atom stereocenters. The van der Waals surface area contributed by atoms with E-state index in [-0.39, 0.29) is 5.38 Å². The number of nitrogens with zero attached hydrogens (tertiary/aromatic N) is 1. The zero-order valence-corrected chi connectivity index (χ0v) is 14.8. The van der Waals surface area contributed by atoms with Crippen molar-refractivity contribution in [1.29, 1.82) is 0 Å². The van der Waals surface area contributed by atoms with Crippen LogP contribution in [0.5, 0.6) is 11.5 Å². The Bertz CT molecular complexity index is 734. The molecule has 0 amide bonds. The molecule has 1 saturated heterocycles. The number of hydrogen-bond acceptors (Lipinski definition) is 3. The summed E-state index contributed by atoms with van der Waals surface area (Å²) in [4.78, 5) is 2.50. The number of rotatable bonds is 3. The Hall–Kier alpha value is -1.87. The van der Waals surface area contributed by atoms with Gasteiger partial charge in [-0.25, -0.2) is 0 Å². The molecule has 0 spiro atoms. The molecule has 0 N–H and O–H groups in total. The average Bonchev–Trinajstić information content (AvgIpc) is 2.64. The van der Waals surface area contributed by atoms with E-state index in [9.17, 15) is 0 Å². The SMILES string of the molecule is COc1cc2c(cc1OC)N1C[C@@H](C2)[C@H](Cl)C[C@H]1c1ccccc1. The maximum absolute atomic E-state index is 6.74. The highest BCUT2D eigenvalue weighted by molar-refractivity contribution is 6.21. The van der Waals surface area contributed by atoms with Crippen LogP contribution in [0.15, 0.2) is 42.5 Å². The summed E-state index contributed by atoms with van der Waals surface area (Å²) >= 11 is 6.74. The van der Waals surface area contributed by atoms with Crippen LogP contribution in [-0.4, -0.2) is 26.1 Å². The van der Waals surface area contributed by atoms with Crippen LogP contribution in [0.2, 0.25) is 0 Å². The average molecular weight is 344 g/mol. The zero-order chi connectivity index (χ0) is 16.7. The lowest BCUT2D eigenvalue weighted by Gasteiger charge is -2.48. The number of alkyl halides is 1. The monoisotopic (exact) mass is 343 g/mol. The summed E-state index contributed by atoms with van der Waals surface area (Å²) in [6, 6.07) is 15.2. The first-order valence-electron chi connectivity index (χ1n) is 8.41. The van der Waals surface area contributed by atoms with Crippen molar-refractivity contribution in [2.24, 2.45) is 5.92 Å². The summed E-state index contributed by atoms with van der Waals surface area (Å²) in [6.45, 7) is 0.996. The van der Waals surface area contributed by atoms with Gasteiger partial charge in [-0.2, -0.15) is 0 Å². The quantitative estimate of drug-likeness (QED) is 0.769. The van der Waals surface area contributed by atoms with Gasteiger partial charge in [-0.15, -0.1) is 11.6 Å². The van der Waals surface area contributed by atoms with Crippen LogP contribution in [0, 0.1) is 5.92 Å². The molecular weight excluding hydrogens is 322 g/mol. The molecular formula is C20H22ClNO2. The van der Waals surface area contributed by atoms with E-state index in [1.807, 2.05) is 0 Å². The van der Waals surface area contributed by atoms with Crippen LogP contribution < -0.4 is 14.4 Å². The molecule has 0 saturated carbocycles. The Morgan fingerprint density at radius 2 is 1.75 bits per heavy atom. The third kappa shape index (κ3) is 2.51. The lowest BCUT2D eigenvalue weighted by Crippen LogP contribution is -2.47. The van der Waals surface area contributed by atoms with E-state index in [1.54, 1.807) is 14.2 Å². The van der Waals surface area contributed by atoms with Crippen molar-refractivity contribution in [1.82, 2.24) is 0 Å². The summed E-state index contributed by atoms with van der Waals surface area (Å²) in [5.41, 5.74) is 3.88. The normalized spacial score (nSPS) is 25.1. The summed E-state index contributed by atoms with van der Waals surface area (Å²) in [6.07, 6.45) is 1.98. The van der Waals surface area contributed by atoms with Crippen LogP contribution in [-0.2, 0) is 6.42 Å². The molecule has 3 nitrogen and oxygen atoms in total. The van der Waals surface area contributed by atoms with Crippen molar-refractivity contribution in [3.05, 3.63) is 53.6 Å². The number of halogens is 1. The molecule has 24 heavy (non-hydrogen) atoms. The number of ether oxygens (including phenoxy) is 2. The van der Waals surface area contributed by atoms with E-state index in [0.29, 0.717) is 12.0 Å². The Kier molecular flexibility index (Phi) is 4.05. The van der Waals surface area contributed by atoms with Crippen LogP contribution >= 0.6 is 11.6 Å². The molecule has 0 radical (unpaired) electrons. The van der Waals surface area contributed by atoms with Gasteiger partial charge in [-0.1, -0.05) is 30.3 Å². The van der Waals surface area contributed by atoms with Gasteiger partial charge in [-0.3, -0.25) is 0 Å². The lowest BCUT2D eigenvalue weighted by molar-refractivity contribution is 0.338. The maximum Gasteiger partial charge on any atom is 0.162 e. The molecule has 2 aromatic rings. The molecule has 2 heterocycles. The topological polar surface area (TPSA) is 21.7 Å². The minimum atomic E-state index is 0.202. The van der Waals surface area contributed by atoms with Crippen LogP contribution in [0.4, 0.5) is 5.69 Å². The maximum atomic E-state index is 6.74. The highest BCUT2D eigenvalue weighted by Crippen LogP contribution is 2.48. The molecule has 126 valence electrons. The van der Waals surface area contributed by atoms with E-state index in [0.717, 1.165) is 30.9 Å². The number of benzene rings is 2. The van der Waals surface area contributed by atoms with E-state index in [2.05, 4.69) is 47.4 Å². The predicted molar refractivity (Wildman–Crippen MR) is 97.5 cm³/mol. The third-order valence-corrected chi connectivity index (χ3v) is 5.86. The summed E-state index contributed by atoms with van der Waals surface area (Å²) in [5, 5.41) is 0.202. The third-order valence-electron chi connectivity index (χ3n) is 5.33. The van der Waals surface area contributed by atoms with Crippen molar-refractivity contribution in [3.8, 4) is 11.5 Å². The summed E-state index contributed by atoms with van der Waals surface area (Å²) in [5.74, 6) is 2.06. The number of methoxy groups -OCH3 is 2. The van der Waals surface area contributed by atoms with Gasteiger partial charge in [0.2, 0.25) is 0 Å². The predicted octanol–water partition coefficient (Wildman–Crippen LogP) is 4.43. The van der Waals surface area contributed by atoms with Crippen molar-refractivity contribution in [2.45, 2.75) is 24.3 Å². The molecule has 1 fully saturated rings. The molecule has 4 rings (SSSR count). The summed E-state index contributed by atoms with van der Waals surface area (Å²) in [7, 11) is 3.38. The van der Waals surface area contributed by atoms with E-state index < -0.39 is 0 Å². The molecule has 2 aliphatic heterocycles. The Balaban J connectivity index is 1.81. The lowest BCUT2D eigenvalue weighted by atomic mass is 9.80. The van der Waals surface area contributed by atoms with Crippen molar-refractivity contribution in [3.63, 3.8) is 0 Å². The number of fused-ring (bicyclic) bond motifs is 4. The first kappa shape index (κ1) is 15.6. The van der Waals surface area contributed by atoms with Gasteiger partial charge in [0.05, 0.1) is 20.3 Å². The number of anilines is 1. The molecule has 2 aromatic carbocycles. The van der Waals surface area contributed by atoms with Crippen LogP contribution in [0.25, 0.3) is 0 Å². The van der Waals surface area contributed by atoms with E-state index >= 15 is 0 Å². The van der Waals surface area contributed by atoms with E-state index in [4.69, 9.17) is 21.1 Å². The van der Waals surface area contributed by atoms with E-state index in [1.165, 1.54) is 16.8 Å². The van der Waals surface area contributed by atoms with Gasteiger partial charge in [0, 0.05) is 23.7 Å². The Morgan fingerprint density at radius 3 is 2.46 bits per heavy atom. The molecule has 0 aliphatic carbocycles. The first-order chi connectivity index (χ1) is 11.7. The van der Waals surface area contributed by atoms with Gasteiger partial charge in [-0.05, 0) is 36.0 Å². The highest BCUT2D eigenvalue weighted by Gasteiger charge is 2.40. The molecule has 2 aliphatic rings. The second-order valence-corrected chi connectivity index (χ2v) is 7.19. The molecule has 2 bridgehead atoms. The van der Waals surface area contributed by atoms with Gasteiger partial charge < -0.3 is 14.4 Å². The van der Waals surface area contributed by atoms with Crippen LogP contribution in [0.3, 0.4) is 0 Å². The largest absolute Gasteiger partial charge is 0.493 e. The molecule has 0 aromatic heterocycles. The fourth-order valence-electron chi connectivity index (χ4n) is 4.10. The second kappa shape index (κ2) is 6.21. The Labute approximate surface area is 148 Å². The van der Waals surface area contributed by atoms with Crippen molar-refractivity contribution in [2.75, 3.05) is 25.7 Å². The molecule has 4 heteroatoms. The number of piperidine rings is 1. The van der Waals surface area contributed by atoms with Gasteiger partial charge in [0.15, 0.2) is 11.5 Å². The standard InChI is InChI=1S/C20H22ClNO2/c1-23-19-9-14-8-15-12-22(18(14)11-20(19)24-2)17(10-16(15)21)13-6-4-3-5-7-13/h3-7,9,11,15-17H,8,10,12H2,1-2H3/t15-,16-,17+/m1/s1. The van der Waals surface area contributed by atoms with Crippen molar-refractivity contribution >= 4 is 17.3 Å². The van der Waals surface area contributed by atoms with Gasteiger partial charge in [0.1, 0.15) is 0 Å². The number of hydrogen-bond donors (Lipinski definition) is 0. The second-order valence-electron chi connectivity index (χ2n) is 6.63. The van der Waals surface area contributed by atoms with Crippen LogP contribution in [0.1, 0.15) is 23.6 Å². The smallest absolute Gasteiger partial charge is 0.162 e. The first-order valence-corrected chi connectivity index (χ1v) is 8.85. The van der Waals surface area contributed by atoms with Gasteiger partial charge >= 0.3 is 0 Å². The van der Waals surface area contributed by atoms with Crippen molar-refractivity contribution < 1.29 is 9.47 Å². The fourth-order valence-corrected chi connectivity index (χ4v) is 4.44. The zero-order valence-electron chi connectivity index (χ0n) is 14.0. The minimum Gasteiger partial charge on any atom is -0.493 e. The Morgan fingerprint density at radius 1 is 1.04 bits per heavy atom. The minimum absolute atomic E-state index is 0.202.